The average Bonchev–Trinajstić information content (AvgIpc) is 3.00. The number of nitrogen functional groups attached to an aromatic ring is 1. The number of fused-ring (bicyclic) bond motifs is 3. The molecule has 0 aliphatic heterocycles. The van der Waals surface area contributed by atoms with Crippen LogP contribution in [0.5, 0.6) is 0 Å². The Morgan fingerprint density at radius 3 is 2.71 bits per heavy atom. The molecule has 0 bridgehead atoms. The number of aromatic nitrogens is 3. The lowest BCUT2D eigenvalue weighted by Crippen LogP contribution is -1.93. The number of benzene rings is 2. The van der Waals surface area contributed by atoms with Gasteiger partial charge >= 0.3 is 0 Å². The minimum atomic E-state index is 0.777. The molecular formula is C16H14N4S. The third-order valence-corrected chi connectivity index (χ3v) is 4.72. The molecular weight excluding hydrogens is 280 g/mol. The van der Waals surface area contributed by atoms with Crippen molar-refractivity contribution in [2.24, 2.45) is 0 Å². The topological polar surface area (TPSA) is 56.2 Å². The molecule has 0 saturated carbocycles. The van der Waals surface area contributed by atoms with Gasteiger partial charge in [-0.15, -0.1) is 10.2 Å². The van der Waals surface area contributed by atoms with Crippen LogP contribution in [0.1, 0.15) is 11.1 Å². The molecule has 4 nitrogen and oxygen atoms in total. The van der Waals surface area contributed by atoms with Crippen molar-refractivity contribution in [3.8, 4) is 11.4 Å². The Morgan fingerprint density at radius 2 is 1.90 bits per heavy atom. The van der Waals surface area contributed by atoms with Gasteiger partial charge in [0.05, 0.1) is 10.2 Å². The standard InChI is InChI=1S/C16H14N4S/c1-9-3-6-13-14(7-9)21-16-19-18-15(20(13)16)11-5-4-10(2)12(17)8-11/h3-8H,17H2,1-2H3. The Morgan fingerprint density at radius 1 is 1.05 bits per heavy atom. The third kappa shape index (κ3) is 1.81. The lowest BCUT2D eigenvalue weighted by atomic mass is 10.1. The second kappa shape index (κ2) is 4.30. The summed E-state index contributed by atoms with van der Waals surface area (Å²) in [6.07, 6.45) is 0. The van der Waals surface area contributed by atoms with Gasteiger partial charge in [-0.2, -0.15) is 0 Å². The van der Waals surface area contributed by atoms with Gasteiger partial charge in [0.1, 0.15) is 0 Å². The highest BCUT2D eigenvalue weighted by Crippen LogP contribution is 2.31. The number of hydrogen-bond acceptors (Lipinski definition) is 4. The minimum absolute atomic E-state index is 0.777. The van der Waals surface area contributed by atoms with Crippen molar-refractivity contribution in [3.63, 3.8) is 0 Å². The minimum Gasteiger partial charge on any atom is -0.398 e. The van der Waals surface area contributed by atoms with Gasteiger partial charge in [0, 0.05) is 11.3 Å². The Kier molecular flexibility index (Phi) is 2.53. The first-order valence-corrected chi connectivity index (χ1v) is 7.56. The molecule has 104 valence electrons. The van der Waals surface area contributed by atoms with E-state index in [1.54, 1.807) is 11.3 Å². The molecule has 2 N–H and O–H groups in total. The lowest BCUT2D eigenvalue weighted by Gasteiger charge is -2.03. The van der Waals surface area contributed by atoms with Crippen LogP contribution < -0.4 is 5.73 Å². The average molecular weight is 294 g/mol. The fourth-order valence-electron chi connectivity index (χ4n) is 2.51. The quantitative estimate of drug-likeness (QED) is 0.543. The molecule has 5 heteroatoms. The number of rotatable bonds is 1. The molecule has 0 unspecified atom stereocenters. The summed E-state index contributed by atoms with van der Waals surface area (Å²) >= 11 is 1.66. The van der Waals surface area contributed by atoms with Crippen LogP contribution in [0.3, 0.4) is 0 Å². The maximum Gasteiger partial charge on any atom is 0.217 e. The second-order valence-electron chi connectivity index (χ2n) is 5.29. The zero-order valence-corrected chi connectivity index (χ0v) is 12.6. The summed E-state index contributed by atoms with van der Waals surface area (Å²) in [6, 6.07) is 12.4. The molecule has 0 spiro atoms. The van der Waals surface area contributed by atoms with E-state index in [0.29, 0.717) is 0 Å². The largest absolute Gasteiger partial charge is 0.398 e. The van der Waals surface area contributed by atoms with Crippen LogP contribution in [0.2, 0.25) is 0 Å². The molecule has 2 aromatic carbocycles. The molecule has 0 aliphatic carbocycles. The number of thiazole rings is 1. The van der Waals surface area contributed by atoms with Gasteiger partial charge < -0.3 is 5.73 Å². The van der Waals surface area contributed by atoms with E-state index in [1.807, 2.05) is 25.1 Å². The van der Waals surface area contributed by atoms with Gasteiger partial charge in [-0.3, -0.25) is 4.40 Å². The first-order valence-electron chi connectivity index (χ1n) is 6.74. The molecule has 0 atom stereocenters. The van der Waals surface area contributed by atoms with Crippen molar-refractivity contribution >= 4 is 32.2 Å². The molecule has 0 fully saturated rings. The van der Waals surface area contributed by atoms with E-state index in [-0.39, 0.29) is 0 Å². The van der Waals surface area contributed by atoms with E-state index < -0.39 is 0 Å². The van der Waals surface area contributed by atoms with Gasteiger partial charge in [0.25, 0.3) is 0 Å². The Bertz CT molecular complexity index is 981. The summed E-state index contributed by atoms with van der Waals surface area (Å²) in [5.74, 6) is 0.840. The lowest BCUT2D eigenvalue weighted by molar-refractivity contribution is 1.12. The molecule has 0 radical (unpaired) electrons. The van der Waals surface area contributed by atoms with Gasteiger partial charge in [-0.25, -0.2) is 0 Å². The smallest absolute Gasteiger partial charge is 0.217 e. The first-order chi connectivity index (χ1) is 10.1. The summed E-state index contributed by atoms with van der Waals surface area (Å²) in [5.41, 5.74) is 11.3. The Hall–Kier alpha value is -2.40. The van der Waals surface area contributed by atoms with Crippen LogP contribution >= 0.6 is 11.3 Å². The molecule has 2 heterocycles. The second-order valence-corrected chi connectivity index (χ2v) is 6.30. The van der Waals surface area contributed by atoms with Crippen molar-refractivity contribution in [1.29, 1.82) is 0 Å². The van der Waals surface area contributed by atoms with Crippen LogP contribution in [-0.2, 0) is 0 Å². The number of nitrogens with two attached hydrogens (primary N) is 1. The van der Waals surface area contributed by atoms with Crippen LogP contribution in [0.15, 0.2) is 36.4 Å². The summed E-state index contributed by atoms with van der Waals surface area (Å²) in [7, 11) is 0. The monoisotopic (exact) mass is 294 g/mol. The molecule has 4 rings (SSSR count). The number of anilines is 1. The van der Waals surface area contributed by atoms with E-state index in [4.69, 9.17) is 5.73 Å². The van der Waals surface area contributed by atoms with E-state index in [0.717, 1.165) is 33.1 Å². The highest BCUT2D eigenvalue weighted by molar-refractivity contribution is 7.23. The highest BCUT2D eigenvalue weighted by atomic mass is 32.1. The van der Waals surface area contributed by atoms with Crippen molar-refractivity contribution in [1.82, 2.24) is 14.6 Å². The van der Waals surface area contributed by atoms with Crippen molar-refractivity contribution < 1.29 is 0 Å². The Balaban J connectivity index is 2.04. The zero-order valence-electron chi connectivity index (χ0n) is 11.8. The van der Waals surface area contributed by atoms with Gasteiger partial charge in [-0.1, -0.05) is 29.5 Å². The fourth-order valence-corrected chi connectivity index (χ4v) is 3.57. The van der Waals surface area contributed by atoms with Crippen LogP contribution in [0.4, 0.5) is 5.69 Å². The number of aryl methyl sites for hydroxylation is 2. The third-order valence-electron chi connectivity index (χ3n) is 3.73. The van der Waals surface area contributed by atoms with E-state index in [2.05, 4.69) is 39.7 Å². The maximum absolute atomic E-state index is 6.02. The fraction of sp³-hybridized carbons (Fsp3) is 0.125. The van der Waals surface area contributed by atoms with Crippen molar-refractivity contribution in [2.45, 2.75) is 13.8 Å². The van der Waals surface area contributed by atoms with Crippen molar-refractivity contribution in [3.05, 3.63) is 47.5 Å². The van der Waals surface area contributed by atoms with Crippen LogP contribution in [-0.4, -0.2) is 14.6 Å². The molecule has 2 aromatic heterocycles. The Labute approximate surface area is 125 Å². The normalized spacial score (nSPS) is 11.5. The molecule has 0 aliphatic rings. The molecule has 4 aromatic rings. The number of hydrogen-bond donors (Lipinski definition) is 1. The predicted octanol–water partition coefficient (Wildman–Crippen LogP) is 3.81. The molecule has 0 amide bonds. The van der Waals surface area contributed by atoms with Gasteiger partial charge in [0.15, 0.2) is 5.82 Å². The molecule has 21 heavy (non-hydrogen) atoms. The first kappa shape index (κ1) is 12.3. The van der Waals surface area contributed by atoms with E-state index in [9.17, 15) is 0 Å². The van der Waals surface area contributed by atoms with Gasteiger partial charge in [0.2, 0.25) is 4.96 Å². The summed E-state index contributed by atoms with van der Waals surface area (Å²) in [4.78, 5) is 0.907. The zero-order chi connectivity index (χ0) is 14.6. The summed E-state index contributed by atoms with van der Waals surface area (Å²) < 4.78 is 3.32. The maximum atomic E-state index is 6.02. The van der Waals surface area contributed by atoms with Gasteiger partial charge in [-0.05, 0) is 43.2 Å². The predicted molar refractivity (Wildman–Crippen MR) is 87.7 cm³/mol. The SMILES string of the molecule is Cc1ccc2c(c1)sc1nnc(-c3ccc(C)c(N)c3)n12. The van der Waals surface area contributed by atoms with E-state index >= 15 is 0 Å². The van der Waals surface area contributed by atoms with Crippen LogP contribution in [0.25, 0.3) is 26.6 Å². The molecule has 0 saturated heterocycles. The highest BCUT2D eigenvalue weighted by Gasteiger charge is 2.14. The van der Waals surface area contributed by atoms with E-state index in [1.165, 1.54) is 10.3 Å². The summed E-state index contributed by atoms with van der Waals surface area (Å²) in [6.45, 7) is 4.10. The number of nitrogens with zero attached hydrogens (tertiary/aromatic N) is 3. The van der Waals surface area contributed by atoms with Crippen LogP contribution in [0, 0.1) is 13.8 Å². The van der Waals surface area contributed by atoms with Crippen molar-refractivity contribution in [2.75, 3.05) is 5.73 Å². The summed E-state index contributed by atoms with van der Waals surface area (Å²) in [5, 5.41) is 8.64.